The summed E-state index contributed by atoms with van der Waals surface area (Å²) < 4.78 is 0. The summed E-state index contributed by atoms with van der Waals surface area (Å²) in [6.45, 7) is 0.867. The van der Waals surface area contributed by atoms with Crippen LogP contribution in [0.25, 0.3) is 0 Å². The highest BCUT2D eigenvalue weighted by atomic mass is 16.2. The van der Waals surface area contributed by atoms with Crippen LogP contribution in [0.3, 0.4) is 0 Å². The second-order valence-corrected chi connectivity index (χ2v) is 4.71. The fourth-order valence-electron chi connectivity index (χ4n) is 1.89. The van der Waals surface area contributed by atoms with Crippen molar-refractivity contribution in [1.82, 2.24) is 5.32 Å². The summed E-state index contributed by atoms with van der Waals surface area (Å²) in [6.07, 6.45) is 0. The molecule has 0 bridgehead atoms. The fourth-order valence-corrected chi connectivity index (χ4v) is 1.89. The highest BCUT2D eigenvalue weighted by molar-refractivity contribution is 5.81. The smallest absolute Gasteiger partial charge is 0.239 e. The Balaban J connectivity index is 1.83. The number of hydrogen-bond donors (Lipinski definition) is 2. The van der Waals surface area contributed by atoms with Crippen molar-refractivity contribution in [1.29, 1.82) is 0 Å². The Morgan fingerprint density at radius 1 is 1.10 bits per heavy atom. The summed E-state index contributed by atoms with van der Waals surface area (Å²) in [4.78, 5) is 13.8. The minimum Gasteiger partial charge on any atom is -0.399 e. The van der Waals surface area contributed by atoms with Gasteiger partial charge in [0, 0.05) is 25.0 Å². The minimum absolute atomic E-state index is 0.00632. The second-order valence-electron chi connectivity index (χ2n) is 4.71. The predicted molar refractivity (Wildman–Crippen MR) is 82.4 cm³/mol. The van der Waals surface area contributed by atoms with Gasteiger partial charge in [0.25, 0.3) is 0 Å². The third-order valence-corrected chi connectivity index (χ3v) is 3.05. The fraction of sp³-hybridized carbons (Fsp3) is 0.188. The van der Waals surface area contributed by atoms with Crippen molar-refractivity contribution in [3.05, 3.63) is 60.2 Å². The summed E-state index contributed by atoms with van der Waals surface area (Å²) in [6, 6.07) is 17.3. The normalized spacial score (nSPS) is 10.1. The SMILES string of the molecule is CN(CC(=O)NCc1ccccc1)c1ccc(N)cc1. The maximum atomic E-state index is 11.9. The number of rotatable bonds is 5. The van der Waals surface area contributed by atoms with Gasteiger partial charge in [-0.25, -0.2) is 0 Å². The van der Waals surface area contributed by atoms with E-state index in [1.54, 1.807) is 0 Å². The summed E-state index contributed by atoms with van der Waals surface area (Å²) in [5.41, 5.74) is 8.42. The number of likely N-dealkylation sites (N-methyl/N-ethyl adjacent to an activating group) is 1. The van der Waals surface area contributed by atoms with Crippen molar-refractivity contribution in [2.45, 2.75) is 6.54 Å². The van der Waals surface area contributed by atoms with Crippen LogP contribution in [-0.2, 0) is 11.3 Å². The Kier molecular flexibility index (Phi) is 4.60. The molecule has 104 valence electrons. The molecule has 3 N–H and O–H groups in total. The Morgan fingerprint density at radius 2 is 1.75 bits per heavy atom. The number of nitrogens with two attached hydrogens (primary N) is 1. The van der Waals surface area contributed by atoms with E-state index in [1.807, 2.05) is 66.5 Å². The minimum atomic E-state index is -0.00632. The zero-order valence-electron chi connectivity index (χ0n) is 11.5. The van der Waals surface area contributed by atoms with Crippen molar-refractivity contribution in [3.8, 4) is 0 Å². The van der Waals surface area contributed by atoms with Gasteiger partial charge in [-0.2, -0.15) is 0 Å². The van der Waals surface area contributed by atoms with E-state index in [-0.39, 0.29) is 5.91 Å². The molecule has 0 spiro atoms. The van der Waals surface area contributed by atoms with Crippen LogP contribution in [-0.4, -0.2) is 19.5 Å². The number of nitrogen functional groups attached to an aromatic ring is 1. The standard InChI is InChI=1S/C16H19N3O/c1-19(15-9-7-14(17)8-10-15)12-16(20)18-11-13-5-3-2-4-6-13/h2-10H,11-12,17H2,1H3,(H,18,20). The van der Waals surface area contributed by atoms with E-state index in [0.717, 1.165) is 16.9 Å². The lowest BCUT2D eigenvalue weighted by molar-refractivity contribution is -0.119. The molecule has 4 heteroatoms. The first-order valence-corrected chi connectivity index (χ1v) is 6.52. The van der Waals surface area contributed by atoms with Crippen LogP contribution >= 0.6 is 0 Å². The highest BCUT2D eigenvalue weighted by Crippen LogP contribution is 2.14. The van der Waals surface area contributed by atoms with Gasteiger partial charge in [0.1, 0.15) is 0 Å². The molecule has 2 aromatic rings. The molecule has 0 heterocycles. The first kappa shape index (κ1) is 13.9. The molecule has 0 atom stereocenters. The number of anilines is 2. The van der Waals surface area contributed by atoms with Gasteiger partial charge in [-0.05, 0) is 29.8 Å². The number of nitrogens with one attached hydrogen (secondary N) is 1. The van der Waals surface area contributed by atoms with E-state index >= 15 is 0 Å². The number of carbonyl (C=O) groups excluding carboxylic acids is 1. The topological polar surface area (TPSA) is 58.4 Å². The number of nitrogens with zero attached hydrogens (tertiary/aromatic N) is 1. The van der Waals surface area contributed by atoms with E-state index < -0.39 is 0 Å². The first-order valence-electron chi connectivity index (χ1n) is 6.52. The van der Waals surface area contributed by atoms with Gasteiger partial charge in [0.05, 0.1) is 6.54 Å². The Labute approximate surface area is 119 Å². The predicted octanol–water partition coefficient (Wildman–Crippen LogP) is 2.02. The molecule has 0 saturated heterocycles. The molecule has 0 aliphatic carbocycles. The summed E-state index contributed by atoms with van der Waals surface area (Å²) >= 11 is 0. The number of amides is 1. The van der Waals surface area contributed by atoms with Gasteiger partial charge >= 0.3 is 0 Å². The molecule has 4 nitrogen and oxygen atoms in total. The summed E-state index contributed by atoms with van der Waals surface area (Å²) in [5.74, 6) is -0.00632. The Bertz CT molecular complexity index is 552. The number of carbonyl (C=O) groups is 1. The van der Waals surface area contributed by atoms with Gasteiger partial charge in [-0.3, -0.25) is 4.79 Å². The molecular weight excluding hydrogens is 250 g/mol. The van der Waals surface area contributed by atoms with Gasteiger partial charge in [0.15, 0.2) is 0 Å². The zero-order valence-corrected chi connectivity index (χ0v) is 11.5. The summed E-state index contributed by atoms with van der Waals surface area (Å²) in [5, 5.41) is 2.91. The van der Waals surface area contributed by atoms with E-state index in [9.17, 15) is 4.79 Å². The molecule has 2 rings (SSSR count). The van der Waals surface area contributed by atoms with Gasteiger partial charge < -0.3 is 16.0 Å². The monoisotopic (exact) mass is 269 g/mol. The molecule has 0 unspecified atom stereocenters. The molecule has 0 fully saturated rings. The first-order chi connectivity index (χ1) is 9.65. The molecule has 1 amide bonds. The van der Waals surface area contributed by atoms with Crippen molar-refractivity contribution in [2.24, 2.45) is 0 Å². The molecule has 0 radical (unpaired) electrons. The second kappa shape index (κ2) is 6.61. The molecule has 2 aromatic carbocycles. The van der Waals surface area contributed by atoms with E-state index in [2.05, 4.69) is 5.32 Å². The van der Waals surface area contributed by atoms with Crippen LogP contribution in [0.15, 0.2) is 54.6 Å². The maximum Gasteiger partial charge on any atom is 0.239 e. The Hall–Kier alpha value is -2.49. The maximum absolute atomic E-state index is 11.9. The van der Waals surface area contributed by atoms with Crippen LogP contribution in [0.4, 0.5) is 11.4 Å². The van der Waals surface area contributed by atoms with E-state index in [0.29, 0.717) is 13.1 Å². The van der Waals surface area contributed by atoms with Crippen LogP contribution in [0.2, 0.25) is 0 Å². The lowest BCUT2D eigenvalue weighted by atomic mass is 10.2. The summed E-state index contributed by atoms with van der Waals surface area (Å²) in [7, 11) is 1.88. The van der Waals surface area contributed by atoms with Gasteiger partial charge in [-0.1, -0.05) is 30.3 Å². The van der Waals surface area contributed by atoms with Crippen LogP contribution < -0.4 is 16.0 Å². The molecule has 0 aliphatic rings. The Morgan fingerprint density at radius 3 is 2.40 bits per heavy atom. The zero-order chi connectivity index (χ0) is 14.4. The lowest BCUT2D eigenvalue weighted by Crippen LogP contribution is -2.34. The highest BCUT2D eigenvalue weighted by Gasteiger charge is 2.07. The van der Waals surface area contributed by atoms with Crippen LogP contribution in [0, 0.1) is 0 Å². The number of hydrogen-bond acceptors (Lipinski definition) is 3. The van der Waals surface area contributed by atoms with Crippen molar-refractivity contribution >= 4 is 17.3 Å². The van der Waals surface area contributed by atoms with Crippen molar-refractivity contribution in [3.63, 3.8) is 0 Å². The third-order valence-electron chi connectivity index (χ3n) is 3.05. The van der Waals surface area contributed by atoms with E-state index in [4.69, 9.17) is 5.73 Å². The van der Waals surface area contributed by atoms with Crippen LogP contribution in [0.1, 0.15) is 5.56 Å². The molecule has 0 aliphatic heterocycles. The van der Waals surface area contributed by atoms with E-state index in [1.165, 1.54) is 0 Å². The molecule has 20 heavy (non-hydrogen) atoms. The van der Waals surface area contributed by atoms with Crippen molar-refractivity contribution in [2.75, 3.05) is 24.2 Å². The average Bonchev–Trinajstić information content (AvgIpc) is 2.47. The molecule has 0 aromatic heterocycles. The quantitative estimate of drug-likeness (QED) is 0.816. The lowest BCUT2D eigenvalue weighted by Gasteiger charge is -2.18. The molecule has 0 saturated carbocycles. The average molecular weight is 269 g/mol. The van der Waals surface area contributed by atoms with Crippen LogP contribution in [0.5, 0.6) is 0 Å². The third kappa shape index (κ3) is 4.02. The van der Waals surface area contributed by atoms with Crippen molar-refractivity contribution < 1.29 is 4.79 Å². The van der Waals surface area contributed by atoms with Gasteiger partial charge in [-0.15, -0.1) is 0 Å². The van der Waals surface area contributed by atoms with Gasteiger partial charge in [0.2, 0.25) is 5.91 Å². The number of benzene rings is 2. The molecular formula is C16H19N3O. The largest absolute Gasteiger partial charge is 0.399 e.